The third-order valence-corrected chi connectivity index (χ3v) is 1.74. The van der Waals surface area contributed by atoms with E-state index >= 15 is 0 Å². The highest BCUT2D eigenvalue weighted by Gasteiger charge is 1.97. The molecule has 0 aliphatic heterocycles. The number of nitriles is 1. The van der Waals surface area contributed by atoms with Crippen molar-refractivity contribution < 1.29 is 9.47 Å². The van der Waals surface area contributed by atoms with Crippen LogP contribution in [-0.2, 0) is 16.0 Å². The summed E-state index contributed by atoms with van der Waals surface area (Å²) in [6, 6.07) is 1.87. The molecule has 1 heterocycles. The average Bonchev–Trinajstić information content (AvgIpc) is 2.71. The van der Waals surface area contributed by atoms with Crippen molar-refractivity contribution in [2.75, 3.05) is 26.9 Å². The lowest BCUT2D eigenvalue weighted by atomic mass is 10.5. The molecule has 0 radical (unpaired) electrons. The van der Waals surface area contributed by atoms with Gasteiger partial charge in [-0.05, 0) is 6.42 Å². The van der Waals surface area contributed by atoms with Crippen molar-refractivity contribution in [2.24, 2.45) is 0 Å². The summed E-state index contributed by atoms with van der Waals surface area (Å²) in [4.78, 5) is 3.78. The van der Waals surface area contributed by atoms with Crippen LogP contribution in [0.3, 0.4) is 0 Å². The Morgan fingerprint density at radius 1 is 1.47 bits per heavy atom. The van der Waals surface area contributed by atoms with Crippen LogP contribution in [0.25, 0.3) is 0 Å². The maximum atomic E-state index is 8.49. The molecule has 82 valence electrons. The van der Waals surface area contributed by atoms with Crippen molar-refractivity contribution in [3.05, 3.63) is 12.2 Å². The standard InChI is InChI=1S/C9H14N4O2/c1-14-4-2-5-15-6-3-13-8-11-9(7-10)12-13/h8H,2-6H2,1H3. The van der Waals surface area contributed by atoms with E-state index in [1.165, 1.54) is 6.33 Å². The molecule has 0 fully saturated rings. The summed E-state index contributed by atoms with van der Waals surface area (Å²) in [5.41, 5.74) is 0. The lowest BCUT2D eigenvalue weighted by Crippen LogP contribution is -2.08. The molecular formula is C9H14N4O2. The van der Waals surface area contributed by atoms with Crippen LogP contribution in [0.4, 0.5) is 0 Å². The first-order chi connectivity index (χ1) is 7.36. The number of hydrogen-bond donors (Lipinski definition) is 0. The summed E-state index contributed by atoms with van der Waals surface area (Å²) in [5.74, 6) is 0.189. The molecule has 15 heavy (non-hydrogen) atoms. The Kier molecular flexibility index (Phi) is 5.37. The molecule has 0 unspecified atom stereocenters. The van der Waals surface area contributed by atoms with Crippen LogP contribution in [0.15, 0.2) is 6.33 Å². The maximum absolute atomic E-state index is 8.49. The number of ether oxygens (including phenoxy) is 2. The summed E-state index contributed by atoms with van der Waals surface area (Å²) >= 11 is 0. The summed E-state index contributed by atoms with van der Waals surface area (Å²) in [6.07, 6.45) is 2.41. The minimum atomic E-state index is 0.189. The monoisotopic (exact) mass is 210 g/mol. The molecule has 1 aromatic heterocycles. The SMILES string of the molecule is COCCCOCCn1cnc(C#N)n1. The third-order valence-electron chi connectivity index (χ3n) is 1.74. The number of nitrogens with zero attached hydrogens (tertiary/aromatic N) is 4. The number of aromatic nitrogens is 3. The molecular weight excluding hydrogens is 196 g/mol. The molecule has 0 aliphatic carbocycles. The highest BCUT2D eigenvalue weighted by atomic mass is 16.5. The van der Waals surface area contributed by atoms with Crippen molar-refractivity contribution >= 4 is 0 Å². The predicted octanol–water partition coefficient (Wildman–Crippen LogP) is 0.203. The lowest BCUT2D eigenvalue weighted by molar-refractivity contribution is 0.0960. The maximum Gasteiger partial charge on any atom is 0.252 e. The second-order valence-corrected chi connectivity index (χ2v) is 2.90. The molecule has 0 aromatic carbocycles. The predicted molar refractivity (Wildman–Crippen MR) is 52.0 cm³/mol. The van der Waals surface area contributed by atoms with Crippen LogP contribution in [0.2, 0.25) is 0 Å². The first-order valence-electron chi connectivity index (χ1n) is 4.73. The summed E-state index contributed by atoms with van der Waals surface area (Å²) in [7, 11) is 1.67. The van der Waals surface area contributed by atoms with E-state index in [0.717, 1.165) is 6.42 Å². The average molecular weight is 210 g/mol. The van der Waals surface area contributed by atoms with Gasteiger partial charge in [0.15, 0.2) is 0 Å². The molecule has 1 rings (SSSR count). The van der Waals surface area contributed by atoms with E-state index in [1.54, 1.807) is 11.8 Å². The zero-order valence-electron chi connectivity index (χ0n) is 8.72. The van der Waals surface area contributed by atoms with Gasteiger partial charge >= 0.3 is 0 Å². The highest BCUT2D eigenvalue weighted by Crippen LogP contribution is 1.89. The van der Waals surface area contributed by atoms with Gasteiger partial charge in [0.05, 0.1) is 13.2 Å². The first kappa shape index (κ1) is 11.6. The van der Waals surface area contributed by atoms with Gasteiger partial charge in [0.2, 0.25) is 0 Å². The van der Waals surface area contributed by atoms with Gasteiger partial charge in [0.1, 0.15) is 12.4 Å². The van der Waals surface area contributed by atoms with E-state index in [-0.39, 0.29) is 5.82 Å². The Morgan fingerprint density at radius 2 is 2.33 bits per heavy atom. The number of hydrogen-bond acceptors (Lipinski definition) is 5. The molecule has 0 aliphatic rings. The van der Waals surface area contributed by atoms with Crippen LogP contribution >= 0.6 is 0 Å². The van der Waals surface area contributed by atoms with Crippen molar-refractivity contribution in [2.45, 2.75) is 13.0 Å². The summed E-state index contributed by atoms with van der Waals surface area (Å²) in [6.45, 7) is 2.56. The van der Waals surface area contributed by atoms with Crippen molar-refractivity contribution in [3.8, 4) is 6.07 Å². The highest BCUT2D eigenvalue weighted by molar-refractivity contribution is 5.05. The largest absolute Gasteiger partial charge is 0.385 e. The Balaban J connectivity index is 2.07. The fraction of sp³-hybridized carbons (Fsp3) is 0.667. The van der Waals surface area contributed by atoms with Crippen LogP contribution in [0.1, 0.15) is 12.2 Å². The first-order valence-corrected chi connectivity index (χ1v) is 4.73. The summed E-state index contributed by atoms with van der Waals surface area (Å²) in [5, 5.41) is 12.4. The topological polar surface area (TPSA) is 73.0 Å². The molecule has 6 nitrogen and oxygen atoms in total. The van der Waals surface area contributed by atoms with Gasteiger partial charge in [-0.15, -0.1) is 5.10 Å². The van der Waals surface area contributed by atoms with Crippen molar-refractivity contribution in [1.82, 2.24) is 14.8 Å². The number of rotatable bonds is 7. The van der Waals surface area contributed by atoms with Gasteiger partial charge in [-0.2, -0.15) is 5.26 Å². The fourth-order valence-electron chi connectivity index (χ4n) is 1.02. The summed E-state index contributed by atoms with van der Waals surface area (Å²) < 4.78 is 11.8. The Labute approximate surface area is 88.4 Å². The van der Waals surface area contributed by atoms with Crippen LogP contribution in [0, 0.1) is 11.3 Å². The van der Waals surface area contributed by atoms with E-state index in [1.807, 2.05) is 6.07 Å². The van der Waals surface area contributed by atoms with Crippen molar-refractivity contribution in [3.63, 3.8) is 0 Å². The minimum Gasteiger partial charge on any atom is -0.385 e. The van der Waals surface area contributed by atoms with E-state index in [4.69, 9.17) is 14.7 Å². The van der Waals surface area contributed by atoms with E-state index in [0.29, 0.717) is 26.4 Å². The third kappa shape index (κ3) is 4.54. The molecule has 0 N–H and O–H groups in total. The van der Waals surface area contributed by atoms with Crippen LogP contribution in [-0.4, -0.2) is 41.7 Å². The zero-order chi connectivity index (χ0) is 10.9. The lowest BCUT2D eigenvalue weighted by Gasteiger charge is -2.03. The molecule has 0 amide bonds. The van der Waals surface area contributed by atoms with Gasteiger partial charge in [0.25, 0.3) is 5.82 Å². The number of methoxy groups -OCH3 is 1. The van der Waals surface area contributed by atoms with Gasteiger partial charge in [-0.25, -0.2) is 9.67 Å². The van der Waals surface area contributed by atoms with Gasteiger partial charge < -0.3 is 9.47 Å². The van der Waals surface area contributed by atoms with Gasteiger partial charge in [-0.1, -0.05) is 0 Å². The Morgan fingerprint density at radius 3 is 3.00 bits per heavy atom. The van der Waals surface area contributed by atoms with E-state index in [2.05, 4.69) is 10.1 Å². The van der Waals surface area contributed by atoms with Crippen LogP contribution in [0.5, 0.6) is 0 Å². The molecule has 0 saturated heterocycles. The Bertz CT molecular complexity index is 318. The normalized spacial score (nSPS) is 10.1. The minimum absolute atomic E-state index is 0.189. The fourth-order valence-corrected chi connectivity index (χ4v) is 1.02. The van der Waals surface area contributed by atoms with Crippen molar-refractivity contribution in [1.29, 1.82) is 5.26 Å². The second kappa shape index (κ2) is 6.92. The van der Waals surface area contributed by atoms with E-state index in [9.17, 15) is 0 Å². The van der Waals surface area contributed by atoms with E-state index < -0.39 is 0 Å². The molecule has 1 aromatic rings. The molecule has 0 atom stereocenters. The molecule has 0 spiro atoms. The molecule has 0 bridgehead atoms. The van der Waals surface area contributed by atoms with Gasteiger partial charge in [0, 0.05) is 20.3 Å². The Hall–Kier alpha value is -1.45. The smallest absolute Gasteiger partial charge is 0.252 e. The van der Waals surface area contributed by atoms with Gasteiger partial charge in [-0.3, -0.25) is 0 Å². The quantitative estimate of drug-likeness (QED) is 0.601. The second-order valence-electron chi connectivity index (χ2n) is 2.90. The zero-order valence-corrected chi connectivity index (χ0v) is 8.72. The van der Waals surface area contributed by atoms with Crippen LogP contribution < -0.4 is 0 Å². The molecule has 0 saturated carbocycles. The molecule has 6 heteroatoms.